The van der Waals surface area contributed by atoms with E-state index in [0.29, 0.717) is 5.56 Å². The van der Waals surface area contributed by atoms with Crippen molar-refractivity contribution in [2.75, 3.05) is 0 Å². The number of amides is 1. The number of rotatable bonds is 2. The maximum atomic E-state index is 11.3. The number of hydrogen-bond acceptors (Lipinski definition) is 2. The van der Waals surface area contributed by atoms with Crippen molar-refractivity contribution in [2.24, 2.45) is 5.73 Å². The fraction of sp³-hybridized carbons (Fsp3) is 0.0769. The molecular weight excluding hydrogens is 271 g/mol. The zero-order valence-electron chi connectivity index (χ0n) is 9.79. The van der Waals surface area contributed by atoms with Crippen LogP contribution in [0.15, 0.2) is 42.7 Å². The Morgan fingerprint density at radius 3 is 2.39 bits per heavy atom. The maximum absolute atomic E-state index is 11.3. The van der Waals surface area contributed by atoms with Crippen molar-refractivity contribution >= 4 is 30.7 Å². The topological polar surface area (TPSA) is 56.0 Å². The molecule has 1 aromatic carbocycles. The minimum Gasteiger partial charge on any atom is -0.366 e. The summed E-state index contributed by atoms with van der Waals surface area (Å²) in [5.41, 5.74) is 8.73. The van der Waals surface area contributed by atoms with Crippen molar-refractivity contribution < 1.29 is 4.79 Å². The first kappa shape index (κ1) is 16.4. The van der Waals surface area contributed by atoms with E-state index in [1.54, 1.807) is 6.20 Å². The molecule has 0 unspecified atom stereocenters. The van der Waals surface area contributed by atoms with Crippen LogP contribution >= 0.6 is 24.8 Å². The van der Waals surface area contributed by atoms with E-state index in [-0.39, 0.29) is 24.8 Å². The average molecular weight is 285 g/mol. The molecule has 0 aliphatic rings. The number of benzene rings is 1. The molecule has 0 bridgehead atoms. The number of aryl methyl sites for hydroxylation is 1. The summed E-state index contributed by atoms with van der Waals surface area (Å²) in [4.78, 5) is 15.2. The molecule has 1 amide bonds. The summed E-state index contributed by atoms with van der Waals surface area (Å²) in [5.74, 6) is -0.452. The number of nitrogens with zero attached hydrogens (tertiary/aromatic N) is 1. The molecule has 0 aliphatic heterocycles. The van der Waals surface area contributed by atoms with Crippen LogP contribution in [0.3, 0.4) is 0 Å². The van der Waals surface area contributed by atoms with Gasteiger partial charge in [0.25, 0.3) is 5.91 Å². The van der Waals surface area contributed by atoms with E-state index in [1.165, 1.54) is 6.20 Å². The quantitative estimate of drug-likeness (QED) is 0.922. The Labute approximate surface area is 118 Å². The standard InChI is InChI=1S/C13H12N2O.2ClH/c1-9-4-2-3-5-10(9)11-6-7-15-8-12(11)13(14)16;;/h2-8H,1H3,(H2,14,16);2*1H. The summed E-state index contributed by atoms with van der Waals surface area (Å²) in [5, 5.41) is 0. The van der Waals surface area contributed by atoms with Gasteiger partial charge in [0.05, 0.1) is 5.56 Å². The van der Waals surface area contributed by atoms with Gasteiger partial charge >= 0.3 is 0 Å². The Hall–Kier alpha value is -1.58. The molecule has 0 aliphatic carbocycles. The fourth-order valence-corrected chi connectivity index (χ4v) is 1.70. The number of carbonyl (C=O) groups is 1. The highest BCUT2D eigenvalue weighted by Gasteiger charge is 2.10. The van der Waals surface area contributed by atoms with Crippen molar-refractivity contribution in [2.45, 2.75) is 6.92 Å². The molecule has 18 heavy (non-hydrogen) atoms. The van der Waals surface area contributed by atoms with Crippen molar-refractivity contribution in [1.29, 1.82) is 0 Å². The van der Waals surface area contributed by atoms with Crippen LogP contribution in [-0.2, 0) is 0 Å². The van der Waals surface area contributed by atoms with E-state index in [1.807, 2.05) is 37.3 Å². The van der Waals surface area contributed by atoms with Crippen LogP contribution in [0.2, 0.25) is 0 Å². The van der Waals surface area contributed by atoms with E-state index in [9.17, 15) is 4.79 Å². The van der Waals surface area contributed by atoms with Crippen molar-refractivity contribution in [1.82, 2.24) is 4.98 Å². The van der Waals surface area contributed by atoms with E-state index in [0.717, 1.165) is 16.7 Å². The van der Waals surface area contributed by atoms with E-state index < -0.39 is 5.91 Å². The summed E-state index contributed by atoms with van der Waals surface area (Å²) in [6.45, 7) is 2.00. The molecule has 5 heteroatoms. The Balaban J connectivity index is 0.00000144. The minimum absolute atomic E-state index is 0. The maximum Gasteiger partial charge on any atom is 0.250 e. The highest BCUT2D eigenvalue weighted by atomic mass is 35.5. The number of pyridine rings is 1. The molecule has 0 saturated heterocycles. The summed E-state index contributed by atoms with van der Waals surface area (Å²) < 4.78 is 0. The van der Waals surface area contributed by atoms with Gasteiger partial charge in [0.1, 0.15) is 0 Å². The lowest BCUT2D eigenvalue weighted by Gasteiger charge is -2.08. The van der Waals surface area contributed by atoms with E-state index in [4.69, 9.17) is 5.73 Å². The van der Waals surface area contributed by atoms with Gasteiger partial charge in [0.15, 0.2) is 0 Å². The normalized spacial score (nSPS) is 8.94. The summed E-state index contributed by atoms with van der Waals surface area (Å²) in [6.07, 6.45) is 3.16. The first-order chi connectivity index (χ1) is 7.70. The van der Waals surface area contributed by atoms with E-state index >= 15 is 0 Å². The van der Waals surface area contributed by atoms with Crippen LogP contribution in [0.25, 0.3) is 11.1 Å². The smallest absolute Gasteiger partial charge is 0.250 e. The van der Waals surface area contributed by atoms with Gasteiger partial charge in [-0.15, -0.1) is 24.8 Å². The SMILES string of the molecule is Cc1ccccc1-c1ccncc1C(N)=O.Cl.Cl. The summed E-state index contributed by atoms with van der Waals surface area (Å²) >= 11 is 0. The van der Waals surface area contributed by atoms with Gasteiger partial charge in [0, 0.05) is 12.4 Å². The predicted octanol–water partition coefficient (Wildman–Crippen LogP) is 3.00. The zero-order chi connectivity index (χ0) is 11.5. The minimum atomic E-state index is -0.452. The van der Waals surface area contributed by atoms with Gasteiger partial charge in [-0.25, -0.2) is 0 Å². The largest absolute Gasteiger partial charge is 0.366 e. The Morgan fingerprint density at radius 2 is 1.78 bits per heavy atom. The lowest BCUT2D eigenvalue weighted by molar-refractivity contribution is 0.100. The van der Waals surface area contributed by atoms with Gasteiger partial charge in [-0.05, 0) is 29.7 Å². The van der Waals surface area contributed by atoms with Gasteiger partial charge in [-0.3, -0.25) is 9.78 Å². The van der Waals surface area contributed by atoms with Gasteiger partial charge in [0.2, 0.25) is 0 Å². The lowest BCUT2D eigenvalue weighted by atomic mass is 9.97. The van der Waals surface area contributed by atoms with Crippen LogP contribution in [0.1, 0.15) is 15.9 Å². The van der Waals surface area contributed by atoms with Crippen LogP contribution in [0.4, 0.5) is 0 Å². The Kier molecular flexibility index (Phi) is 6.37. The number of halogens is 2. The third kappa shape index (κ3) is 3.22. The molecule has 0 fully saturated rings. The average Bonchev–Trinajstić information content (AvgIpc) is 2.29. The molecule has 96 valence electrons. The first-order valence-electron chi connectivity index (χ1n) is 5.00. The van der Waals surface area contributed by atoms with Crippen LogP contribution < -0.4 is 5.73 Å². The number of primary amides is 1. The zero-order valence-corrected chi connectivity index (χ0v) is 11.4. The number of carbonyl (C=O) groups excluding carboxylic acids is 1. The van der Waals surface area contributed by atoms with Gasteiger partial charge in [-0.2, -0.15) is 0 Å². The molecule has 1 heterocycles. The molecule has 2 N–H and O–H groups in total. The van der Waals surface area contributed by atoms with Crippen LogP contribution in [0, 0.1) is 6.92 Å². The highest BCUT2D eigenvalue weighted by Crippen LogP contribution is 2.25. The molecule has 3 nitrogen and oxygen atoms in total. The molecule has 2 rings (SSSR count). The molecule has 0 saturated carbocycles. The second-order valence-electron chi connectivity index (χ2n) is 3.60. The second kappa shape index (κ2) is 6.99. The van der Waals surface area contributed by atoms with Gasteiger partial charge in [-0.1, -0.05) is 24.3 Å². The fourth-order valence-electron chi connectivity index (χ4n) is 1.70. The first-order valence-corrected chi connectivity index (χ1v) is 5.00. The third-order valence-corrected chi connectivity index (χ3v) is 2.52. The third-order valence-electron chi connectivity index (χ3n) is 2.52. The van der Waals surface area contributed by atoms with Crippen LogP contribution in [0.5, 0.6) is 0 Å². The Bertz CT molecular complexity index is 544. The molecular formula is C13H14Cl2N2O. The monoisotopic (exact) mass is 284 g/mol. The Morgan fingerprint density at radius 1 is 1.11 bits per heavy atom. The van der Waals surface area contributed by atoms with Crippen molar-refractivity contribution in [3.8, 4) is 11.1 Å². The molecule has 0 atom stereocenters. The van der Waals surface area contributed by atoms with Crippen molar-refractivity contribution in [3.63, 3.8) is 0 Å². The number of aromatic nitrogens is 1. The van der Waals surface area contributed by atoms with Crippen molar-refractivity contribution in [3.05, 3.63) is 53.9 Å². The second-order valence-corrected chi connectivity index (χ2v) is 3.60. The number of nitrogens with two attached hydrogens (primary N) is 1. The van der Waals surface area contributed by atoms with Gasteiger partial charge < -0.3 is 5.73 Å². The molecule has 1 aromatic heterocycles. The molecule has 0 radical (unpaired) electrons. The predicted molar refractivity (Wildman–Crippen MR) is 77.4 cm³/mol. The molecule has 2 aromatic rings. The van der Waals surface area contributed by atoms with Crippen LogP contribution in [-0.4, -0.2) is 10.9 Å². The summed E-state index contributed by atoms with van der Waals surface area (Å²) in [6, 6.07) is 9.68. The highest BCUT2D eigenvalue weighted by molar-refractivity contribution is 5.99. The number of hydrogen-bond donors (Lipinski definition) is 1. The lowest BCUT2D eigenvalue weighted by Crippen LogP contribution is -2.12. The summed E-state index contributed by atoms with van der Waals surface area (Å²) in [7, 11) is 0. The molecule has 0 spiro atoms. The van der Waals surface area contributed by atoms with E-state index in [2.05, 4.69) is 4.98 Å².